The van der Waals surface area contributed by atoms with Crippen molar-refractivity contribution in [1.29, 1.82) is 0 Å². The molecule has 0 aromatic heterocycles. The number of rotatable bonds is 5. The number of ether oxygens (including phenoxy) is 1. The minimum atomic E-state index is -4.64. The zero-order valence-electron chi connectivity index (χ0n) is 9.99. The maximum absolute atomic E-state index is 12.0. The van der Waals surface area contributed by atoms with Gasteiger partial charge in [-0.3, -0.25) is 0 Å². The summed E-state index contributed by atoms with van der Waals surface area (Å²) >= 11 is 0. The molecule has 0 amide bonds. The molecule has 0 bridgehead atoms. The van der Waals surface area contributed by atoms with Crippen LogP contribution in [-0.2, 0) is 10.0 Å². The second kappa shape index (κ2) is 5.66. The third kappa shape index (κ3) is 4.60. The molecule has 0 saturated carbocycles. The molecule has 3 N–H and O–H groups in total. The molecule has 1 aromatic rings. The Bertz CT molecular complexity index is 543. The maximum Gasteiger partial charge on any atom is 0.402 e. The first-order chi connectivity index (χ1) is 8.65. The van der Waals surface area contributed by atoms with Gasteiger partial charge in [0.05, 0.1) is 6.61 Å². The molecule has 19 heavy (non-hydrogen) atoms. The van der Waals surface area contributed by atoms with Gasteiger partial charge in [-0.1, -0.05) is 0 Å². The Morgan fingerprint density at radius 3 is 2.53 bits per heavy atom. The normalized spacial score (nSPS) is 12.4. The highest BCUT2D eigenvalue weighted by Crippen LogP contribution is 2.26. The summed E-state index contributed by atoms with van der Waals surface area (Å²) in [5, 5.41) is 0. The summed E-state index contributed by atoms with van der Waals surface area (Å²) in [6.07, 6.45) is -4.64. The highest BCUT2D eigenvalue weighted by Gasteiger charge is 2.31. The largest absolute Gasteiger partial charge is 0.492 e. The molecular weight excluding hydrogens is 285 g/mol. The lowest BCUT2D eigenvalue weighted by atomic mass is 10.3. The first-order valence-corrected chi connectivity index (χ1v) is 6.73. The number of nitrogens with one attached hydrogen (secondary N) is 1. The average molecular weight is 298 g/mol. The number of alkyl halides is 3. The molecule has 0 atom stereocenters. The molecule has 5 nitrogen and oxygen atoms in total. The first-order valence-electron chi connectivity index (χ1n) is 5.24. The lowest BCUT2D eigenvalue weighted by molar-refractivity contribution is -0.121. The van der Waals surface area contributed by atoms with Gasteiger partial charge in [0, 0.05) is 5.69 Å². The van der Waals surface area contributed by atoms with Crippen molar-refractivity contribution in [3.8, 4) is 5.75 Å². The average Bonchev–Trinajstić information content (AvgIpc) is 2.28. The van der Waals surface area contributed by atoms with Gasteiger partial charge in [0.2, 0.25) is 10.0 Å². The van der Waals surface area contributed by atoms with Crippen LogP contribution in [0, 0.1) is 0 Å². The van der Waals surface area contributed by atoms with Crippen LogP contribution in [-0.4, -0.2) is 27.7 Å². The molecule has 108 valence electrons. The van der Waals surface area contributed by atoms with E-state index in [9.17, 15) is 21.6 Å². The van der Waals surface area contributed by atoms with Crippen molar-refractivity contribution in [2.45, 2.75) is 18.0 Å². The van der Waals surface area contributed by atoms with Crippen molar-refractivity contribution in [1.82, 2.24) is 4.72 Å². The van der Waals surface area contributed by atoms with E-state index in [0.717, 1.165) is 6.07 Å². The second-order valence-electron chi connectivity index (χ2n) is 3.58. The second-order valence-corrected chi connectivity index (χ2v) is 5.31. The van der Waals surface area contributed by atoms with Gasteiger partial charge in [-0.25, -0.2) is 13.1 Å². The zero-order chi connectivity index (χ0) is 14.7. The lowest BCUT2D eigenvalue weighted by Gasteiger charge is -2.13. The van der Waals surface area contributed by atoms with Crippen molar-refractivity contribution in [2.24, 2.45) is 0 Å². The van der Waals surface area contributed by atoms with Crippen LogP contribution in [0.2, 0.25) is 0 Å². The predicted octanol–water partition coefficient (Wildman–Crippen LogP) is 1.51. The van der Waals surface area contributed by atoms with Gasteiger partial charge in [-0.15, -0.1) is 0 Å². The van der Waals surface area contributed by atoms with Crippen LogP contribution in [0.15, 0.2) is 23.1 Å². The van der Waals surface area contributed by atoms with Crippen LogP contribution in [0.1, 0.15) is 6.92 Å². The van der Waals surface area contributed by atoms with Crippen LogP contribution in [0.4, 0.5) is 18.9 Å². The molecule has 9 heteroatoms. The molecule has 0 saturated heterocycles. The van der Waals surface area contributed by atoms with Gasteiger partial charge in [0.25, 0.3) is 0 Å². The Morgan fingerprint density at radius 1 is 1.37 bits per heavy atom. The SMILES string of the molecule is CCOc1ccc(N)cc1S(=O)(=O)NCC(F)(F)F. The highest BCUT2D eigenvalue weighted by molar-refractivity contribution is 7.89. The smallest absolute Gasteiger partial charge is 0.402 e. The molecule has 0 aliphatic rings. The Labute approximate surface area is 108 Å². The molecule has 1 rings (SSSR count). The summed E-state index contributed by atoms with van der Waals surface area (Å²) in [5.41, 5.74) is 5.54. The molecule has 0 fully saturated rings. The van der Waals surface area contributed by atoms with Gasteiger partial charge in [0.1, 0.15) is 17.2 Å². The Kier molecular flexibility index (Phi) is 4.64. The topological polar surface area (TPSA) is 81.4 Å². The van der Waals surface area contributed by atoms with E-state index in [2.05, 4.69) is 0 Å². The van der Waals surface area contributed by atoms with E-state index in [0.29, 0.717) is 0 Å². The quantitative estimate of drug-likeness (QED) is 0.807. The monoisotopic (exact) mass is 298 g/mol. The number of sulfonamides is 1. The van der Waals surface area contributed by atoms with E-state index < -0.39 is 27.6 Å². The van der Waals surface area contributed by atoms with E-state index >= 15 is 0 Å². The van der Waals surface area contributed by atoms with E-state index in [1.807, 2.05) is 0 Å². The van der Waals surface area contributed by atoms with Gasteiger partial charge in [-0.05, 0) is 25.1 Å². The predicted molar refractivity (Wildman–Crippen MR) is 63.3 cm³/mol. The molecule has 0 unspecified atom stereocenters. The number of hydrogen-bond donors (Lipinski definition) is 2. The number of benzene rings is 1. The Hall–Kier alpha value is -1.48. The minimum Gasteiger partial charge on any atom is -0.492 e. The standard InChI is InChI=1S/C10H13F3N2O3S/c1-2-18-8-4-3-7(14)5-9(8)19(16,17)15-6-10(11,12)13/h3-5,15H,2,6,14H2,1H3. The summed E-state index contributed by atoms with van der Waals surface area (Å²) in [7, 11) is -4.34. The Balaban J connectivity index is 3.09. The molecule has 0 radical (unpaired) electrons. The van der Waals surface area contributed by atoms with E-state index in [-0.39, 0.29) is 18.0 Å². The van der Waals surface area contributed by atoms with Crippen LogP contribution in [0.25, 0.3) is 0 Å². The molecule has 0 aliphatic carbocycles. The first kappa shape index (κ1) is 15.6. The summed E-state index contributed by atoms with van der Waals surface area (Å²) < 4.78 is 66.2. The van der Waals surface area contributed by atoms with Gasteiger partial charge in [0.15, 0.2) is 0 Å². The summed E-state index contributed by atoms with van der Waals surface area (Å²) in [6, 6.07) is 3.73. The Morgan fingerprint density at radius 2 is 2.00 bits per heavy atom. The number of anilines is 1. The van der Waals surface area contributed by atoms with Crippen molar-refractivity contribution < 1.29 is 26.3 Å². The summed E-state index contributed by atoms with van der Waals surface area (Å²) in [6.45, 7) is 0.136. The summed E-state index contributed by atoms with van der Waals surface area (Å²) in [4.78, 5) is -0.418. The van der Waals surface area contributed by atoms with Gasteiger partial charge >= 0.3 is 6.18 Å². The third-order valence-corrected chi connectivity index (χ3v) is 3.44. The maximum atomic E-state index is 12.0. The number of hydrogen-bond acceptors (Lipinski definition) is 4. The molecule has 0 spiro atoms. The van der Waals surface area contributed by atoms with Crippen LogP contribution < -0.4 is 15.2 Å². The number of nitrogen functional groups attached to an aromatic ring is 1. The molecule has 1 aromatic carbocycles. The van der Waals surface area contributed by atoms with Gasteiger partial charge in [-0.2, -0.15) is 13.2 Å². The van der Waals surface area contributed by atoms with Crippen molar-refractivity contribution in [3.05, 3.63) is 18.2 Å². The fourth-order valence-corrected chi connectivity index (χ4v) is 2.46. The van der Waals surface area contributed by atoms with E-state index in [4.69, 9.17) is 10.5 Å². The van der Waals surface area contributed by atoms with E-state index in [1.165, 1.54) is 16.9 Å². The third-order valence-electron chi connectivity index (χ3n) is 2.02. The number of nitrogens with two attached hydrogens (primary N) is 1. The van der Waals surface area contributed by atoms with Crippen LogP contribution in [0.3, 0.4) is 0 Å². The van der Waals surface area contributed by atoms with Crippen molar-refractivity contribution in [2.75, 3.05) is 18.9 Å². The zero-order valence-corrected chi connectivity index (χ0v) is 10.8. The van der Waals surface area contributed by atoms with Crippen LogP contribution in [0.5, 0.6) is 5.75 Å². The van der Waals surface area contributed by atoms with Crippen molar-refractivity contribution >= 4 is 15.7 Å². The van der Waals surface area contributed by atoms with Crippen molar-refractivity contribution in [3.63, 3.8) is 0 Å². The van der Waals surface area contributed by atoms with E-state index in [1.54, 1.807) is 6.92 Å². The highest BCUT2D eigenvalue weighted by atomic mass is 32.2. The van der Waals surface area contributed by atoms with Crippen LogP contribution >= 0.6 is 0 Å². The van der Waals surface area contributed by atoms with Gasteiger partial charge < -0.3 is 10.5 Å². The summed E-state index contributed by atoms with van der Waals surface area (Å²) in [5.74, 6) is -0.0497. The lowest BCUT2D eigenvalue weighted by Crippen LogP contribution is -2.34. The number of halogens is 3. The fraction of sp³-hybridized carbons (Fsp3) is 0.400. The molecule has 0 aliphatic heterocycles. The fourth-order valence-electron chi connectivity index (χ4n) is 1.26. The minimum absolute atomic E-state index is 0.0497. The molecule has 0 heterocycles. The molecular formula is C10H13F3N2O3S.